The topological polar surface area (TPSA) is 57.6 Å². The van der Waals surface area contributed by atoms with Crippen LogP contribution in [-0.2, 0) is 9.59 Å². The third kappa shape index (κ3) is 3.89. The van der Waals surface area contributed by atoms with Crippen LogP contribution in [0.1, 0.15) is 105 Å². The minimum atomic E-state index is -0.734. The maximum absolute atomic E-state index is 12.6. The van der Waals surface area contributed by atoms with Gasteiger partial charge in [-0.25, -0.2) is 0 Å². The number of hydrogen-bond acceptors (Lipinski definition) is 3. The van der Waals surface area contributed by atoms with Gasteiger partial charge in [0.05, 0.1) is 5.60 Å². The highest BCUT2D eigenvalue weighted by atomic mass is 16.3. The Bertz CT molecular complexity index is 707. The predicted molar refractivity (Wildman–Crippen MR) is 123 cm³/mol. The molecule has 0 aromatic carbocycles. The van der Waals surface area contributed by atoms with Gasteiger partial charge in [-0.3, -0.25) is 9.59 Å². The summed E-state index contributed by atoms with van der Waals surface area (Å²) in [5.41, 5.74) is -0.507. The van der Waals surface area contributed by atoms with E-state index in [1.54, 1.807) is 0 Å². The second-order valence-corrected chi connectivity index (χ2v) is 12.1. The second kappa shape index (κ2) is 8.47. The molecule has 0 radical (unpaired) electrons. The van der Waals surface area contributed by atoms with E-state index in [-0.39, 0.29) is 16.7 Å². The van der Waals surface area contributed by atoms with E-state index in [9.17, 15) is 14.7 Å². The van der Waals surface area contributed by atoms with Crippen molar-refractivity contribution in [3.8, 4) is 0 Å². The molecule has 0 spiro atoms. The SMILES string of the molecule is CCCC(=O)N(CCC)C[C@@]1(O)CC[C@@]2(C)[C@@H](CC[C@@H]3[C@@H]2CC[C@]2(C)C(=O)CC[C@@H]32)C1. The number of aliphatic hydroxyl groups is 1. The van der Waals surface area contributed by atoms with E-state index in [0.717, 1.165) is 57.9 Å². The van der Waals surface area contributed by atoms with Crippen LogP contribution in [0.4, 0.5) is 0 Å². The number of ketones is 1. The number of fused-ring (bicyclic) bond motifs is 5. The molecule has 176 valence electrons. The number of amides is 1. The number of carbonyl (C=O) groups is 2. The largest absolute Gasteiger partial charge is 0.388 e. The minimum Gasteiger partial charge on any atom is -0.388 e. The minimum absolute atomic E-state index is 0.0555. The highest BCUT2D eigenvalue weighted by Gasteiger charge is 2.61. The van der Waals surface area contributed by atoms with Gasteiger partial charge in [0.15, 0.2) is 0 Å². The van der Waals surface area contributed by atoms with Gasteiger partial charge in [-0.1, -0.05) is 27.7 Å². The number of Topliss-reactive ketones (excluding diaryl/α,β-unsaturated/α-hetero) is 1. The van der Waals surface area contributed by atoms with E-state index in [4.69, 9.17) is 0 Å². The highest BCUT2D eigenvalue weighted by Crippen LogP contribution is 2.66. The lowest BCUT2D eigenvalue weighted by Gasteiger charge is -2.61. The van der Waals surface area contributed by atoms with E-state index in [1.807, 2.05) is 11.8 Å². The maximum Gasteiger partial charge on any atom is 0.222 e. The first-order valence-corrected chi connectivity index (χ1v) is 13.2. The lowest BCUT2D eigenvalue weighted by atomic mass is 9.44. The summed E-state index contributed by atoms with van der Waals surface area (Å²) < 4.78 is 0. The molecule has 0 unspecified atom stereocenters. The van der Waals surface area contributed by atoms with Crippen molar-refractivity contribution in [2.45, 2.75) is 110 Å². The molecule has 0 heterocycles. The molecule has 4 heteroatoms. The molecule has 0 saturated heterocycles. The lowest BCUT2D eigenvalue weighted by molar-refractivity contribution is -0.161. The average molecular weight is 432 g/mol. The molecule has 0 aliphatic heterocycles. The normalized spacial score (nSPS) is 44.4. The number of hydrogen-bond donors (Lipinski definition) is 1. The summed E-state index contributed by atoms with van der Waals surface area (Å²) in [7, 11) is 0. The van der Waals surface area contributed by atoms with Gasteiger partial charge in [0.25, 0.3) is 0 Å². The zero-order valence-corrected chi connectivity index (χ0v) is 20.4. The van der Waals surface area contributed by atoms with Gasteiger partial charge >= 0.3 is 0 Å². The Morgan fingerprint density at radius 2 is 1.81 bits per heavy atom. The number of rotatable bonds is 6. The van der Waals surface area contributed by atoms with Crippen molar-refractivity contribution in [3.05, 3.63) is 0 Å². The Labute approximate surface area is 189 Å². The van der Waals surface area contributed by atoms with Gasteiger partial charge in [-0.15, -0.1) is 0 Å². The zero-order valence-electron chi connectivity index (χ0n) is 20.4. The van der Waals surface area contributed by atoms with Crippen molar-refractivity contribution >= 4 is 11.7 Å². The van der Waals surface area contributed by atoms with Crippen LogP contribution in [0, 0.1) is 34.5 Å². The van der Waals surface area contributed by atoms with E-state index in [2.05, 4.69) is 20.8 Å². The lowest BCUT2D eigenvalue weighted by Crippen LogP contribution is -2.58. The smallest absolute Gasteiger partial charge is 0.222 e. The molecule has 4 fully saturated rings. The Hall–Kier alpha value is -0.900. The molecule has 1 amide bonds. The fourth-order valence-electron chi connectivity index (χ4n) is 8.53. The van der Waals surface area contributed by atoms with Crippen LogP contribution in [0.2, 0.25) is 0 Å². The summed E-state index contributed by atoms with van der Waals surface area (Å²) in [5.74, 6) is 3.25. The number of carbonyl (C=O) groups excluding carboxylic acids is 2. The molecule has 4 aliphatic rings. The summed E-state index contributed by atoms with van der Waals surface area (Å²) in [6.07, 6.45) is 11.7. The van der Waals surface area contributed by atoms with Gasteiger partial charge in [-0.2, -0.15) is 0 Å². The van der Waals surface area contributed by atoms with Crippen molar-refractivity contribution in [2.75, 3.05) is 13.1 Å². The molecule has 0 bridgehead atoms. The van der Waals surface area contributed by atoms with Gasteiger partial charge in [0.2, 0.25) is 5.91 Å². The van der Waals surface area contributed by atoms with E-state index < -0.39 is 5.60 Å². The molecule has 4 nitrogen and oxygen atoms in total. The summed E-state index contributed by atoms with van der Waals surface area (Å²) in [5, 5.41) is 11.6. The fourth-order valence-corrected chi connectivity index (χ4v) is 8.53. The third-order valence-corrected chi connectivity index (χ3v) is 10.3. The monoisotopic (exact) mass is 431 g/mol. The van der Waals surface area contributed by atoms with Gasteiger partial charge in [-0.05, 0) is 93.3 Å². The predicted octanol–water partition coefficient (Wildman–Crippen LogP) is 5.37. The molecule has 0 aromatic heterocycles. The van der Waals surface area contributed by atoms with Crippen LogP contribution in [0.25, 0.3) is 0 Å². The van der Waals surface area contributed by atoms with Crippen LogP contribution in [-0.4, -0.2) is 40.4 Å². The van der Waals surface area contributed by atoms with Crippen LogP contribution >= 0.6 is 0 Å². The Morgan fingerprint density at radius 1 is 1.03 bits per heavy atom. The summed E-state index contributed by atoms with van der Waals surface area (Å²) in [6, 6.07) is 0. The van der Waals surface area contributed by atoms with E-state index >= 15 is 0 Å². The highest BCUT2D eigenvalue weighted by molar-refractivity contribution is 5.87. The van der Waals surface area contributed by atoms with Gasteiger partial charge in [0.1, 0.15) is 5.78 Å². The van der Waals surface area contributed by atoms with Crippen molar-refractivity contribution in [1.82, 2.24) is 4.90 Å². The Kier molecular flexibility index (Phi) is 6.35. The van der Waals surface area contributed by atoms with Crippen molar-refractivity contribution in [3.63, 3.8) is 0 Å². The molecular formula is C27H45NO3. The molecule has 4 rings (SSSR count). The zero-order chi connectivity index (χ0) is 22.4. The Balaban J connectivity index is 1.48. The molecular weight excluding hydrogens is 386 g/mol. The maximum atomic E-state index is 12.6. The molecule has 7 atom stereocenters. The number of nitrogens with zero attached hydrogens (tertiary/aromatic N) is 1. The van der Waals surface area contributed by atoms with Crippen LogP contribution < -0.4 is 0 Å². The first-order chi connectivity index (χ1) is 14.7. The van der Waals surface area contributed by atoms with Crippen molar-refractivity contribution < 1.29 is 14.7 Å². The quantitative estimate of drug-likeness (QED) is 0.615. The molecule has 4 aliphatic carbocycles. The summed E-state index contributed by atoms with van der Waals surface area (Å²) >= 11 is 0. The fraction of sp³-hybridized carbons (Fsp3) is 0.926. The van der Waals surface area contributed by atoms with Gasteiger partial charge in [0, 0.05) is 31.3 Å². The summed E-state index contributed by atoms with van der Waals surface area (Å²) in [6.45, 7) is 10.2. The van der Waals surface area contributed by atoms with Crippen LogP contribution in [0.5, 0.6) is 0 Å². The van der Waals surface area contributed by atoms with Crippen molar-refractivity contribution in [2.24, 2.45) is 34.5 Å². The standard InChI is InChI=1S/C27H45NO3/c1-5-7-24(30)28(16-6-2)18-27(31)15-14-25(3)19(17-27)8-9-20-21-10-11-23(29)26(21,4)13-12-22(20)25/h19-22,31H,5-18H2,1-4H3/t19-,20-,21-,22-,25-,26-,27+/m0/s1. The molecule has 4 saturated carbocycles. The van der Waals surface area contributed by atoms with Gasteiger partial charge < -0.3 is 10.0 Å². The van der Waals surface area contributed by atoms with E-state index in [1.165, 1.54) is 19.3 Å². The second-order valence-electron chi connectivity index (χ2n) is 12.1. The summed E-state index contributed by atoms with van der Waals surface area (Å²) in [4.78, 5) is 27.2. The Morgan fingerprint density at radius 3 is 2.52 bits per heavy atom. The first-order valence-electron chi connectivity index (χ1n) is 13.2. The first kappa shape index (κ1) is 23.3. The van der Waals surface area contributed by atoms with Crippen molar-refractivity contribution in [1.29, 1.82) is 0 Å². The molecule has 31 heavy (non-hydrogen) atoms. The van der Waals surface area contributed by atoms with E-state index in [0.29, 0.717) is 42.4 Å². The molecule has 1 N–H and O–H groups in total. The average Bonchev–Trinajstić information content (AvgIpc) is 3.03. The van der Waals surface area contributed by atoms with Crippen LogP contribution in [0.3, 0.4) is 0 Å². The molecule has 0 aromatic rings. The van der Waals surface area contributed by atoms with Crippen LogP contribution in [0.15, 0.2) is 0 Å². The third-order valence-electron chi connectivity index (χ3n) is 10.3.